The third-order valence-corrected chi connectivity index (χ3v) is 3.45. The number of benzene rings is 1. The summed E-state index contributed by atoms with van der Waals surface area (Å²) in [6.07, 6.45) is 0. The maximum absolute atomic E-state index is 11.8. The molecule has 1 aliphatic heterocycles. The normalized spacial score (nSPS) is 20.7. The van der Waals surface area contributed by atoms with Crippen molar-refractivity contribution >= 4 is 17.5 Å². The Kier molecular flexibility index (Phi) is 4.58. The predicted molar refractivity (Wildman–Crippen MR) is 72.6 cm³/mol. The monoisotopic (exact) mass is 267 g/mol. The van der Waals surface area contributed by atoms with Gasteiger partial charge in [-0.2, -0.15) is 0 Å². The van der Waals surface area contributed by atoms with E-state index >= 15 is 0 Å². The number of likely N-dealkylation sites (N-methyl/N-ethyl adjacent to an activating group) is 1. The lowest BCUT2D eigenvalue weighted by Gasteiger charge is -2.34. The van der Waals surface area contributed by atoms with Gasteiger partial charge in [0.25, 0.3) is 0 Å². The number of halogens is 1. The van der Waals surface area contributed by atoms with Gasteiger partial charge >= 0.3 is 0 Å². The molecule has 1 fully saturated rings. The average molecular weight is 268 g/mol. The quantitative estimate of drug-likeness (QED) is 0.854. The molecule has 5 heteroatoms. The van der Waals surface area contributed by atoms with Gasteiger partial charge in [0, 0.05) is 38.2 Å². The highest BCUT2D eigenvalue weighted by Crippen LogP contribution is 2.14. The Morgan fingerprint density at radius 3 is 2.89 bits per heavy atom. The summed E-state index contributed by atoms with van der Waals surface area (Å²) in [7, 11) is 1.68. The van der Waals surface area contributed by atoms with Gasteiger partial charge in [0.1, 0.15) is 6.04 Å². The van der Waals surface area contributed by atoms with Crippen molar-refractivity contribution in [1.82, 2.24) is 15.5 Å². The Bertz CT molecular complexity index is 407. The fraction of sp³-hybridized carbons (Fsp3) is 0.462. The summed E-state index contributed by atoms with van der Waals surface area (Å²) < 4.78 is 0. The van der Waals surface area contributed by atoms with Crippen LogP contribution in [-0.2, 0) is 11.3 Å². The highest BCUT2D eigenvalue weighted by atomic mass is 35.5. The highest BCUT2D eigenvalue weighted by Gasteiger charge is 2.27. The van der Waals surface area contributed by atoms with E-state index in [0.717, 1.165) is 24.7 Å². The van der Waals surface area contributed by atoms with Gasteiger partial charge in [-0.15, -0.1) is 0 Å². The molecule has 1 aliphatic rings. The van der Waals surface area contributed by atoms with Crippen molar-refractivity contribution < 1.29 is 4.79 Å². The number of nitrogens with zero attached hydrogens (tertiary/aromatic N) is 1. The SMILES string of the molecule is CNC(=O)C1CNCCN1Cc1ccc(Cl)cc1. The summed E-state index contributed by atoms with van der Waals surface area (Å²) in [6, 6.07) is 7.68. The van der Waals surface area contributed by atoms with E-state index in [4.69, 9.17) is 11.6 Å². The van der Waals surface area contributed by atoms with E-state index in [-0.39, 0.29) is 11.9 Å². The van der Waals surface area contributed by atoms with Crippen LogP contribution in [0.4, 0.5) is 0 Å². The number of hydrogen-bond acceptors (Lipinski definition) is 3. The first-order valence-corrected chi connectivity index (χ1v) is 6.49. The fourth-order valence-corrected chi connectivity index (χ4v) is 2.31. The zero-order valence-corrected chi connectivity index (χ0v) is 11.2. The van der Waals surface area contributed by atoms with Crippen molar-refractivity contribution in [2.24, 2.45) is 0 Å². The molecule has 0 aliphatic carbocycles. The average Bonchev–Trinajstić information content (AvgIpc) is 2.41. The van der Waals surface area contributed by atoms with Crippen LogP contribution in [0.15, 0.2) is 24.3 Å². The van der Waals surface area contributed by atoms with Gasteiger partial charge < -0.3 is 10.6 Å². The Labute approximate surface area is 112 Å². The summed E-state index contributed by atoms with van der Waals surface area (Å²) in [6.45, 7) is 3.27. The summed E-state index contributed by atoms with van der Waals surface area (Å²) >= 11 is 5.87. The molecular formula is C13H18ClN3O. The Morgan fingerprint density at radius 1 is 1.50 bits per heavy atom. The van der Waals surface area contributed by atoms with Gasteiger partial charge in [-0.05, 0) is 17.7 Å². The molecule has 0 saturated carbocycles. The Morgan fingerprint density at radius 2 is 2.22 bits per heavy atom. The van der Waals surface area contributed by atoms with Crippen LogP contribution in [0.25, 0.3) is 0 Å². The molecule has 1 unspecified atom stereocenters. The first-order valence-electron chi connectivity index (χ1n) is 6.11. The van der Waals surface area contributed by atoms with Crippen LogP contribution in [0.5, 0.6) is 0 Å². The van der Waals surface area contributed by atoms with Gasteiger partial charge in [-0.1, -0.05) is 23.7 Å². The van der Waals surface area contributed by atoms with E-state index in [1.807, 2.05) is 24.3 Å². The molecule has 1 amide bonds. The topological polar surface area (TPSA) is 44.4 Å². The van der Waals surface area contributed by atoms with E-state index in [9.17, 15) is 4.79 Å². The largest absolute Gasteiger partial charge is 0.358 e. The second-order valence-corrected chi connectivity index (χ2v) is 4.87. The molecule has 18 heavy (non-hydrogen) atoms. The second-order valence-electron chi connectivity index (χ2n) is 4.43. The molecule has 2 rings (SSSR count). The van der Waals surface area contributed by atoms with Crippen molar-refractivity contribution in [3.63, 3.8) is 0 Å². The minimum atomic E-state index is -0.0978. The minimum Gasteiger partial charge on any atom is -0.358 e. The highest BCUT2D eigenvalue weighted by molar-refractivity contribution is 6.30. The number of carbonyl (C=O) groups excluding carboxylic acids is 1. The zero-order valence-electron chi connectivity index (χ0n) is 10.4. The molecule has 1 atom stereocenters. The summed E-state index contributed by atoms with van der Waals surface area (Å²) in [5.41, 5.74) is 1.18. The van der Waals surface area contributed by atoms with Crippen LogP contribution in [0, 0.1) is 0 Å². The van der Waals surface area contributed by atoms with E-state index in [1.54, 1.807) is 7.05 Å². The number of rotatable bonds is 3. The zero-order chi connectivity index (χ0) is 13.0. The molecule has 0 spiro atoms. The van der Waals surface area contributed by atoms with Crippen LogP contribution >= 0.6 is 11.6 Å². The number of amides is 1. The lowest BCUT2D eigenvalue weighted by Crippen LogP contribution is -2.56. The molecule has 2 N–H and O–H groups in total. The van der Waals surface area contributed by atoms with Crippen LogP contribution in [0.3, 0.4) is 0 Å². The molecule has 0 aromatic heterocycles. The van der Waals surface area contributed by atoms with Crippen molar-refractivity contribution in [3.8, 4) is 0 Å². The Hall–Kier alpha value is -1.10. The van der Waals surface area contributed by atoms with Crippen molar-refractivity contribution in [1.29, 1.82) is 0 Å². The Balaban J connectivity index is 2.05. The minimum absolute atomic E-state index is 0.0659. The molecule has 98 valence electrons. The first-order chi connectivity index (χ1) is 8.70. The lowest BCUT2D eigenvalue weighted by atomic mass is 10.1. The van der Waals surface area contributed by atoms with Crippen molar-refractivity contribution in [2.45, 2.75) is 12.6 Å². The molecule has 1 heterocycles. The van der Waals surface area contributed by atoms with E-state index in [1.165, 1.54) is 5.56 Å². The third-order valence-electron chi connectivity index (χ3n) is 3.20. The molecule has 1 aromatic rings. The third kappa shape index (κ3) is 3.22. The number of nitrogens with one attached hydrogen (secondary N) is 2. The number of carbonyl (C=O) groups is 1. The van der Waals surface area contributed by atoms with Crippen LogP contribution < -0.4 is 10.6 Å². The fourth-order valence-electron chi connectivity index (χ4n) is 2.19. The first kappa shape index (κ1) is 13.3. The van der Waals surface area contributed by atoms with Gasteiger partial charge in [0.15, 0.2) is 0 Å². The van der Waals surface area contributed by atoms with Crippen molar-refractivity contribution in [3.05, 3.63) is 34.9 Å². The van der Waals surface area contributed by atoms with Gasteiger partial charge in [-0.3, -0.25) is 9.69 Å². The number of hydrogen-bond donors (Lipinski definition) is 2. The smallest absolute Gasteiger partial charge is 0.238 e. The maximum atomic E-state index is 11.8. The molecule has 4 nitrogen and oxygen atoms in total. The van der Waals surface area contributed by atoms with Crippen molar-refractivity contribution in [2.75, 3.05) is 26.7 Å². The van der Waals surface area contributed by atoms with Gasteiger partial charge in [0.05, 0.1) is 0 Å². The standard InChI is InChI=1S/C13H18ClN3O/c1-15-13(18)12-8-16-6-7-17(12)9-10-2-4-11(14)5-3-10/h2-5,12,16H,6-9H2,1H3,(H,15,18). The summed E-state index contributed by atoms with van der Waals surface area (Å²) in [5, 5.41) is 6.71. The van der Waals surface area contributed by atoms with E-state index in [0.29, 0.717) is 6.54 Å². The number of piperazine rings is 1. The van der Waals surface area contributed by atoms with Crippen LogP contribution in [0.1, 0.15) is 5.56 Å². The molecule has 1 saturated heterocycles. The molecule has 0 radical (unpaired) electrons. The maximum Gasteiger partial charge on any atom is 0.238 e. The van der Waals surface area contributed by atoms with Crippen LogP contribution in [-0.4, -0.2) is 43.5 Å². The lowest BCUT2D eigenvalue weighted by molar-refractivity contribution is -0.126. The summed E-state index contributed by atoms with van der Waals surface area (Å²) in [4.78, 5) is 14.0. The molecule has 0 bridgehead atoms. The van der Waals surface area contributed by atoms with E-state index in [2.05, 4.69) is 15.5 Å². The van der Waals surface area contributed by atoms with Crippen LogP contribution in [0.2, 0.25) is 5.02 Å². The molecular weight excluding hydrogens is 250 g/mol. The second kappa shape index (κ2) is 6.18. The van der Waals surface area contributed by atoms with Gasteiger partial charge in [-0.25, -0.2) is 0 Å². The molecule has 1 aromatic carbocycles. The van der Waals surface area contributed by atoms with Gasteiger partial charge in [0.2, 0.25) is 5.91 Å². The predicted octanol–water partition coefficient (Wildman–Crippen LogP) is 0.860. The van der Waals surface area contributed by atoms with E-state index < -0.39 is 0 Å². The summed E-state index contributed by atoms with van der Waals surface area (Å²) in [5.74, 6) is 0.0659.